The zero-order valence-electron chi connectivity index (χ0n) is 7.40. The van der Waals surface area contributed by atoms with Crippen molar-refractivity contribution in [1.82, 2.24) is 10.2 Å². The van der Waals surface area contributed by atoms with Crippen molar-refractivity contribution >= 4 is 17.2 Å². The van der Waals surface area contributed by atoms with Gasteiger partial charge in [0.05, 0.1) is 5.69 Å². The average Bonchev–Trinajstić information content (AvgIpc) is 2.70. The van der Waals surface area contributed by atoms with Crippen LogP contribution in [0, 0.1) is 0 Å². The zero-order chi connectivity index (χ0) is 9.97. The summed E-state index contributed by atoms with van der Waals surface area (Å²) in [4.78, 5) is 0.398. The maximum absolute atomic E-state index is 5.62. The Hall–Kier alpha value is -1.68. The van der Waals surface area contributed by atoms with Crippen molar-refractivity contribution in [1.29, 1.82) is 0 Å². The Morgan fingerprint density at radius 1 is 1.29 bits per heavy atom. The lowest BCUT2D eigenvalue weighted by Gasteiger charge is -2.04. The molecule has 1 heterocycles. The first-order valence-electron chi connectivity index (χ1n) is 4.17. The van der Waals surface area contributed by atoms with E-state index in [1.54, 1.807) is 6.20 Å². The standard InChI is InChI=1S/C10H9N3S/c11-10(14)8-4-2-1-3-7(8)9-5-6-12-13-9/h1-6H,(H2,11,14)(H,12,13). The third-order valence-corrected chi connectivity index (χ3v) is 2.20. The van der Waals surface area contributed by atoms with Crippen molar-refractivity contribution in [3.8, 4) is 11.3 Å². The van der Waals surface area contributed by atoms with E-state index in [9.17, 15) is 0 Å². The number of hydrogen-bond donors (Lipinski definition) is 2. The van der Waals surface area contributed by atoms with E-state index in [1.165, 1.54) is 0 Å². The Kier molecular flexibility index (Phi) is 2.28. The van der Waals surface area contributed by atoms with E-state index in [2.05, 4.69) is 10.2 Å². The number of H-pyrrole nitrogens is 1. The van der Waals surface area contributed by atoms with E-state index in [4.69, 9.17) is 18.0 Å². The van der Waals surface area contributed by atoms with Gasteiger partial charge in [0.1, 0.15) is 4.99 Å². The van der Waals surface area contributed by atoms with Crippen molar-refractivity contribution in [2.24, 2.45) is 5.73 Å². The topological polar surface area (TPSA) is 54.7 Å². The van der Waals surface area contributed by atoms with E-state index >= 15 is 0 Å². The SMILES string of the molecule is NC(=S)c1ccccc1-c1ccn[nH]1. The van der Waals surface area contributed by atoms with Crippen molar-refractivity contribution in [2.45, 2.75) is 0 Å². The van der Waals surface area contributed by atoms with Gasteiger partial charge in [0.2, 0.25) is 0 Å². The average molecular weight is 203 g/mol. The third kappa shape index (κ3) is 1.52. The Morgan fingerprint density at radius 3 is 2.71 bits per heavy atom. The van der Waals surface area contributed by atoms with Crippen LogP contribution in [0.2, 0.25) is 0 Å². The maximum atomic E-state index is 5.62. The number of hydrogen-bond acceptors (Lipinski definition) is 2. The molecule has 0 saturated heterocycles. The van der Waals surface area contributed by atoms with Gasteiger partial charge in [-0.15, -0.1) is 0 Å². The lowest BCUT2D eigenvalue weighted by atomic mass is 10.1. The van der Waals surface area contributed by atoms with Crippen molar-refractivity contribution in [3.63, 3.8) is 0 Å². The second-order valence-corrected chi connectivity index (χ2v) is 3.32. The molecule has 0 fully saturated rings. The highest BCUT2D eigenvalue weighted by Crippen LogP contribution is 2.20. The minimum atomic E-state index is 0.398. The molecule has 0 aliphatic rings. The molecule has 2 rings (SSSR count). The first-order chi connectivity index (χ1) is 6.79. The van der Waals surface area contributed by atoms with Gasteiger partial charge < -0.3 is 5.73 Å². The molecule has 0 radical (unpaired) electrons. The monoisotopic (exact) mass is 203 g/mol. The lowest BCUT2D eigenvalue weighted by molar-refractivity contribution is 1.09. The van der Waals surface area contributed by atoms with Gasteiger partial charge in [-0.25, -0.2) is 0 Å². The quantitative estimate of drug-likeness (QED) is 0.730. The number of aromatic nitrogens is 2. The smallest absolute Gasteiger partial charge is 0.104 e. The highest BCUT2D eigenvalue weighted by Gasteiger charge is 2.06. The summed E-state index contributed by atoms with van der Waals surface area (Å²) in [6.07, 6.45) is 1.70. The molecule has 0 aliphatic heterocycles. The minimum absolute atomic E-state index is 0.398. The molecule has 14 heavy (non-hydrogen) atoms. The van der Waals surface area contributed by atoms with E-state index in [-0.39, 0.29) is 0 Å². The molecule has 0 spiro atoms. The molecule has 70 valence electrons. The Balaban J connectivity index is 2.58. The summed E-state index contributed by atoms with van der Waals surface area (Å²) >= 11 is 4.97. The van der Waals surface area contributed by atoms with E-state index in [0.717, 1.165) is 16.8 Å². The lowest BCUT2D eigenvalue weighted by Crippen LogP contribution is -2.10. The van der Waals surface area contributed by atoms with Crippen molar-refractivity contribution < 1.29 is 0 Å². The summed E-state index contributed by atoms with van der Waals surface area (Å²) in [5.74, 6) is 0. The van der Waals surface area contributed by atoms with Crippen LogP contribution in [-0.4, -0.2) is 15.2 Å². The van der Waals surface area contributed by atoms with Gasteiger partial charge >= 0.3 is 0 Å². The van der Waals surface area contributed by atoms with Gasteiger partial charge in [-0.3, -0.25) is 5.10 Å². The van der Waals surface area contributed by atoms with Gasteiger partial charge in [0, 0.05) is 17.3 Å². The van der Waals surface area contributed by atoms with Crippen LogP contribution in [-0.2, 0) is 0 Å². The molecule has 0 atom stereocenters. The number of nitrogens with two attached hydrogens (primary N) is 1. The fourth-order valence-corrected chi connectivity index (χ4v) is 1.52. The fourth-order valence-electron chi connectivity index (χ4n) is 1.34. The predicted molar refractivity (Wildman–Crippen MR) is 59.9 cm³/mol. The van der Waals surface area contributed by atoms with Crippen LogP contribution in [0.1, 0.15) is 5.56 Å². The highest BCUT2D eigenvalue weighted by molar-refractivity contribution is 7.80. The van der Waals surface area contributed by atoms with Gasteiger partial charge in [-0.1, -0.05) is 36.5 Å². The molecule has 2 aromatic rings. The van der Waals surface area contributed by atoms with E-state index in [1.807, 2.05) is 30.3 Å². The molecule has 1 aromatic heterocycles. The summed E-state index contributed by atoms with van der Waals surface area (Å²) in [6.45, 7) is 0. The summed E-state index contributed by atoms with van der Waals surface area (Å²) in [6, 6.07) is 9.60. The van der Waals surface area contributed by atoms with Crippen molar-refractivity contribution in [3.05, 3.63) is 42.1 Å². The zero-order valence-corrected chi connectivity index (χ0v) is 8.21. The highest BCUT2D eigenvalue weighted by atomic mass is 32.1. The molecule has 1 aromatic carbocycles. The summed E-state index contributed by atoms with van der Waals surface area (Å²) in [5, 5.41) is 6.77. The molecule has 0 amide bonds. The first kappa shape index (κ1) is 8.90. The van der Waals surface area contributed by atoms with Gasteiger partial charge in [0.25, 0.3) is 0 Å². The van der Waals surface area contributed by atoms with Gasteiger partial charge in [0.15, 0.2) is 0 Å². The van der Waals surface area contributed by atoms with Crippen LogP contribution in [0.4, 0.5) is 0 Å². The number of nitrogens with zero attached hydrogens (tertiary/aromatic N) is 1. The molecule has 3 nitrogen and oxygen atoms in total. The number of nitrogens with one attached hydrogen (secondary N) is 1. The van der Waals surface area contributed by atoms with Crippen LogP contribution in [0.3, 0.4) is 0 Å². The minimum Gasteiger partial charge on any atom is -0.389 e. The number of benzene rings is 1. The Labute approximate surface area is 86.9 Å². The van der Waals surface area contributed by atoms with Gasteiger partial charge in [-0.05, 0) is 6.07 Å². The second kappa shape index (κ2) is 3.59. The number of rotatable bonds is 2. The normalized spacial score (nSPS) is 10.0. The third-order valence-electron chi connectivity index (χ3n) is 1.98. The van der Waals surface area contributed by atoms with Crippen LogP contribution >= 0.6 is 12.2 Å². The van der Waals surface area contributed by atoms with E-state index in [0.29, 0.717) is 4.99 Å². The molecular weight excluding hydrogens is 194 g/mol. The maximum Gasteiger partial charge on any atom is 0.104 e. The largest absolute Gasteiger partial charge is 0.389 e. The van der Waals surface area contributed by atoms with Crippen LogP contribution < -0.4 is 5.73 Å². The molecule has 0 saturated carbocycles. The van der Waals surface area contributed by atoms with Crippen LogP contribution in [0.15, 0.2) is 36.5 Å². The molecule has 3 N–H and O–H groups in total. The van der Waals surface area contributed by atoms with Gasteiger partial charge in [-0.2, -0.15) is 5.10 Å². The first-order valence-corrected chi connectivity index (χ1v) is 4.58. The summed E-state index contributed by atoms with van der Waals surface area (Å²) < 4.78 is 0. The van der Waals surface area contributed by atoms with Crippen LogP contribution in [0.25, 0.3) is 11.3 Å². The molecule has 0 unspecified atom stereocenters. The summed E-state index contributed by atoms with van der Waals surface area (Å²) in [7, 11) is 0. The Bertz CT molecular complexity index is 448. The Morgan fingerprint density at radius 2 is 2.07 bits per heavy atom. The predicted octanol–water partition coefficient (Wildman–Crippen LogP) is 1.71. The van der Waals surface area contributed by atoms with E-state index < -0.39 is 0 Å². The summed E-state index contributed by atoms with van der Waals surface area (Å²) in [5.41, 5.74) is 8.39. The molecule has 0 aliphatic carbocycles. The number of aromatic amines is 1. The van der Waals surface area contributed by atoms with Crippen molar-refractivity contribution in [2.75, 3.05) is 0 Å². The molecular formula is C10H9N3S. The van der Waals surface area contributed by atoms with Crippen LogP contribution in [0.5, 0.6) is 0 Å². The molecule has 0 bridgehead atoms. The molecule has 4 heteroatoms. The second-order valence-electron chi connectivity index (χ2n) is 2.88. The number of thiocarbonyl (C=S) groups is 1. The fraction of sp³-hybridized carbons (Fsp3) is 0.